The van der Waals surface area contributed by atoms with Gasteiger partial charge in [0.2, 0.25) is 11.7 Å². The van der Waals surface area contributed by atoms with Gasteiger partial charge >= 0.3 is 5.69 Å². The van der Waals surface area contributed by atoms with E-state index in [0.717, 1.165) is 17.5 Å². The Morgan fingerprint density at radius 2 is 2.04 bits per heavy atom. The fourth-order valence-electron chi connectivity index (χ4n) is 2.88. The molecule has 8 nitrogen and oxygen atoms in total. The van der Waals surface area contributed by atoms with Crippen molar-refractivity contribution in [3.05, 3.63) is 32.3 Å². The second kappa shape index (κ2) is 7.67. The Morgan fingerprint density at radius 3 is 2.70 bits per heavy atom. The van der Waals surface area contributed by atoms with Gasteiger partial charge in [0, 0.05) is 12.6 Å². The molecule has 0 aliphatic heterocycles. The largest absolute Gasteiger partial charge is 0.352 e. The Bertz CT molecular complexity index is 1090. The zero-order chi connectivity index (χ0) is 19.7. The monoisotopic (exact) mass is 391 g/mol. The molecule has 0 bridgehead atoms. The summed E-state index contributed by atoms with van der Waals surface area (Å²) in [6.07, 6.45) is 1.60. The topological polar surface area (TPSA) is 90.4 Å². The summed E-state index contributed by atoms with van der Waals surface area (Å²) in [4.78, 5) is 38.0. The molecule has 146 valence electrons. The van der Waals surface area contributed by atoms with Crippen molar-refractivity contribution >= 4 is 33.2 Å². The van der Waals surface area contributed by atoms with E-state index in [2.05, 4.69) is 24.3 Å². The van der Waals surface area contributed by atoms with Crippen LogP contribution in [0.25, 0.3) is 16.0 Å². The van der Waals surface area contributed by atoms with Crippen LogP contribution in [0.2, 0.25) is 0 Å². The number of nitrogens with one attached hydrogen (secondary N) is 1. The van der Waals surface area contributed by atoms with Gasteiger partial charge in [0.05, 0.1) is 5.52 Å². The van der Waals surface area contributed by atoms with E-state index in [1.165, 1.54) is 15.7 Å². The van der Waals surface area contributed by atoms with Gasteiger partial charge in [0.15, 0.2) is 0 Å². The minimum atomic E-state index is -0.411. The molecular weight excluding hydrogens is 366 g/mol. The molecule has 3 heterocycles. The standard InChI is InChI=1S/C18H25N5O3S/c1-5-12(4)19-14(24)10-22-18(26)23-13-7-9-27-15(13)16(25)21(17(23)20-22)8-6-11(2)3/h7,9,11-12H,5-6,8,10H2,1-4H3,(H,19,24). The van der Waals surface area contributed by atoms with Crippen molar-refractivity contribution in [2.45, 2.75) is 59.7 Å². The summed E-state index contributed by atoms with van der Waals surface area (Å²) < 4.78 is 4.64. The second-order valence-electron chi connectivity index (χ2n) is 7.23. The van der Waals surface area contributed by atoms with Crippen molar-refractivity contribution in [1.29, 1.82) is 0 Å². The van der Waals surface area contributed by atoms with E-state index < -0.39 is 5.69 Å². The minimum Gasteiger partial charge on any atom is -0.352 e. The Labute approximate surface area is 160 Å². The third-order valence-corrected chi connectivity index (χ3v) is 5.52. The number of hydrogen-bond donors (Lipinski definition) is 1. The Hall–Kier alpha value is -2.42. The van der Waals surface area contributed by atoms with Crippen LogP contribution in [0.3, 0.4) is 0 Å². The maximum absolute atomic E-state index is 12.9. The highest BCUT2D eigenvalue weighted by atomic mass is 32.1. The van der Waals surface area contributed by atoms with Crippen LogP contribution in [0, 0.1) is 5.92 Å². The molecule has 0 radical (unpaired) electrons. The Kier molecular flexibility index (Phi) is 5.50. The number of rotatable bonds is 7. The first kappa shape index (κ1) is 19.3. The van der Waals surface area contributed by atoms with Crippen LogP contribution in [0.1, 0.15) is 40.5 Å². The van der Waals surface area contributed by atoms with Crippen LogP contribution in [-0.4, -0.2) is 30.7 Å². The molecule has 1 atom stereocenters. The fourth-order valence-corrected chi connectivity index (χ4v) is 3.71. The molecule has 0 aromatic carbocycles. The fraction of sp³-hybridized carbons (Fsp3) is 0.556. The highest BCUT2D eigenvalue weighted by Gasteiger charge is 2.19. The predicted molar refractivity (Wildman–Crippen MR) is 106 cm³/mol. The number of nitrogens with zero attached hydrogens (tertiary/aromatic N) is 4. The molecular formula is C18H25N5O3S. The SMILES string of the molecule is CCC(C)NC(=O)Cn1nc2n(CCC(C)C)c(=O)c3sccc3n2c1=O. The lowest BCUT2D eigenvalue weighted by Crippen LogP contribution is -2.37. The first-order valence-electron chi connectivity index (χ1n) is 9.22. The van der Waals surface area contributed by atoms with Crippen molar-refractivity contribution < 1.29 is 4.79 Å². The molecule has 1 N–H and O–H groups in total. The van der Waals surface area contributed by atoms with Gasteiger partial charge in [-0.25, -0.2) is 13.9 Å². The number of carbonyl (C=O) groups excluding carboxylic acids is 1. The van der Waals surface area contributed by atoms with E-state index in [9.17, 15) is 14.4 Å². The van der Waals surface area contributed by atoms with Gasteiger partial charge in [-0.2, -0.15) is 0 Å². The zero-order valence-electron chi connectivity index (χ0n) is 16.1. The van der Waals surface area contributed by atoms with Crippen molar-refractivity contribution in [1.82, 2.24) is 24.1 Å². The molecule has 0 spiro atoms. The van der Waals surface area contributed by atoms with Gasteiger partial charge in [0.1, 0.15) is 11.2 Å². The molecule has 1 unspecified atom stereocenters. The Morgan fingerprint density at radius 1 is 1.30 bits per heavy atom. The summed E-state index contributed by atoms with van der Waals surface area (Å²) in [6.45, 7) is 8.34. The molecule has 0 saturated carbocycles. The maximum Gasteiger partial charge on any atom is 0.352 e. The second-order valence-corrected chi connectivity index (χ2v) is 8.14. The van der Waals surface area contributed by atoms with Gasteiger partial charge < -0.3 is 5.32 Å². The van der Waals surface area contributed by atoms with E-state index in [0.29, 0.717) is 22.7 Å². The number of aromatic nitrogens is 4. The lowest BCUT2D eigenvalue weighted by atomic mass is 10.1. The van der Waals surface area contributed by atoms with Crippen LogP contribution in [-0.2, 0) is 17.9 Å². The van der Waals surface area contributed by atoms with Crippen molar-refractivity contribution in [3.8, 4) is 0 Å². The molecule has 27 heavy (non-hydrogen) atoms. The molecule has 0 aliphatic carbocycles. The van der Waals surface area contributed by atoms with Gasteiger partial charge in [-0.3, -0.25) is 14.2 Å². The lowest BCUT2D eigenvalue weighted by molar-refractivity contribution is -0.122. The highest BCUT2D eigenvalue weighted by molar-refractivity contribution is 7.17. The summed E-state index contributed by atoms with van der Waals surface area (Å²) >= 11 is 1.31. The first-order chi connectivity index (χ1) is 12.8. The lowest BCUT2D eigenvalue weighted by Gasteiger charge is -2.10. The quantitative estimate of drug-likeness (QED) is 0.665. The van der Waals surface area contributed by atoms with E-state index in [4.69, 9.17) is 0 Å². The summed E-state index contributed by atoms with van der Waals surface area (Å²) in [7, 11) is 0. The normalized spacial score (nSPS) is 12.9. The molecule has 1 amide bonds. The third kappa shape index (κ3) is 3.69. The summed E-state index contributed by atoms with van der Waals surface area (Å²) in [5, 5.41) is 8.95. The van der Waals surface area contributed by atoms with Crippen LogP contribution in [0.15, 0.2) is 21.0 Å². The van der Waals surface area contributed by atoms with E-state index in [1.54, 1.807) is 16.0 Å². The number of thiophene rings is 1. The van der Waals surface area contributed by atoms with Crippen molar-refractivity contribution in [3.63, 3.8) is 0 Å². The average Bonchev–Trinajstić information content (AvgIpc) is 3.20. The average molecular weight is 391 g/mol. The molecule has 3 aromatic rings. The van der Waals surface area contributed by atoms with Gasteiger partial charge in [-0.1, -0.05) is 20.8 Å². The summed E-state index contributed by atoms with van der Waals surface area (Å²) in [5.74, 6) is 0.423. The van der Waals surface area contributed by atoms with E-state index in [-0.39, 0.29) is 29.8 Å². The van der Waals surface area contributed by atoms with Crippen LogP contribution >= 0.6 is 11.3 Å². The maximum atomic E-state index is 12.9. The summed E-state index contributed by atoms with van der Waals surface area (Å²) in [6, 6.07) is 1.77. The molecule has 3 rings (SSSR count). The van der Waals surface area contributed by atoms with E-state index >= 15 is 0 Å². The number of fused-ring (bicyclic) bond motifs is 3. The molecule has 0 fully saturated rings. The van der Waals surface area contributed by atoms with Gasteiger partial charge in [-0.05, 0) is 37.1 Å². The number of carbonyl (C=O) groups is 1. The molecule has 0 saturated heterocycles. The smallest absolute Gasteiger partial charge is 0.352 e. The molecule has 9 heteroatoms. The number of hydrogen-bond acceptors (Lipinski definition) is 5. The zero-order valence-corrected chi connectivity index (χ0v) is 16.9. The Balaban J connectivity index is 2.12. The third-order valence-electron chi connectivity index (χ3n) is 4.63. The van der Waals surface area contributed by atoms with Gasteiger partial charge in [-0.15, -0.1) is 16.4 Å². The minimum absolute atomic E-state index is 0.0260. The van der Waals surface area contributed by atoms with Gasteiger partial charge in [0.25, 0.3) is 5.56 Å². The summed E-state index contributed by atoms with van der Waals surface area (Å²) in [5.41, 5.74) is -0.0141. The highest BCUT2D eigenvalue weighted by Crippen LogP contribution is 2.17. The predicted octanol–water partition coefficient (Wildman–Crippen LogP) is 1.83. The number of amides is 1. The molecule has 3 aromatic heterocycles. The molecule has 0 aliphatic rings. The van der Waals surface area contributed by atoms with Crippen molar-refractivity contribution in [2.75, 3.05) is 0 Å². The van der Waals surface area contributed by atoms with Crippen molar-refractivity contribution in [2.24, 2.45) is 5.92 Å². The van der Waals surface area contributed by atoms with Crippen LogP contribution < -0.4 is 16.6 Å². The van der Waals surface area contributed by atoms with E-state index in [1.807, 2.05) is 13.8 Å². The van der Waals surface area contributed by atoms with Crippen LogP contribution in [0.4, 0.5) is 0 Å². The first-order valence-corrected chi connectivity index (χ1v) is 10.1. The number of aryl methyl sites for hydroxylation is 1. The van der Waals surface area contributed by atoms with Crippen LogP contribution in [0.5, 0.6) is 0 Å².